The van der Waals surface area contributed by atoms with Crippen LogP contribution in [0, 0.1) is 12.8 Å². The number of para-hydroxylation sites is 1. The number of H-pyrrole nitrogens is 1. The SMILES string of the molecule is Cc1ccc(S(=O)(=O)N(CC(=O)c2c(-c3ccccc3)[nH]n(-c3ccccc3)c2=O)CC(C)C)cc1. The second-order valence-electron chi connectivity index (χ2n) is 9.13. The van der Waals surface area contributed by atoms with E-state index in [0.29, 0.717) is 16.9 Å². The normalized spacial score (nSPS) is 11.8. The molecule has 0 saturated carbocycles. The third-order valence-corrected chi connectivity index (χ3v) is 7.62. The maximum atomic E-state index is 13.7. The maximum absolute atomic E-state index is 13.7. The lowest BCUT2D eigenvalue weighted by Gasteiger charge is -2.23. The Morgan fingerprint density at radius 3 is 2.08 bits per heavy atom. The molecule has 1 aromatic heterocycles. The van der Waals surface area contributed by atoms with Crippen LogP contribution in [0.1, 0.15) is 29.8 Å². The van der Waals surface area contributed by atoms with Crippen LogP contribution >= 0.6 is 0 Å². The number of aromatic nitrogens is 2. The molecule has 7 nitrogen and oxygen atoms in total. The number of nitrogens with zero attached hydrogens (tertiary/aromatic N) is 2. The number of hydrogen-bond acceptors (Lipinski definition) is 4. The summed E-state index contributed by atoms with van der Waals surface area (Å²) in [5.41, 5.74) is 1.92. The van der Waals surface area contributed by atoms with Gasteiger partial charge in [-0.25, -0.2) is 13.1 Å². The molecular formula is C28H29N3O4S. The number of hydrogen-bond donors (Lipinski definition) is 1. The number of nitrogens with one attached hydrogen (secondary N) is 1. The van der Waals surface area contributed by atoms with Crippen LogP contribution in [0.2, 0.25) is 0 Å². The van der Waals surface area contributed by atoms with Crippen LogP contribution < -0.4 is 5.56 Å². The van der Waals surface area contributed by atoms with Crippen LogP contribution in [0.25, 0.3) is 16.9 Å². The molecule has 4 aromatic rings. The Balaban J connectivity index is 1.79. The standard InChI is InChI=1S/C28H29N3O4S/c1-20(2)18-30(36(34,35)24-16-14-21(3)15-17-24)19-25(32)26-27(22-10-6-4-7-11-22)29-31(28(26)33)23-12-8-5-9-13-23/h4-17,20,29H,18-19H2,1-3H3. The molecule has 186 valence electrons. The van der Waals surface area contributed by atoms with E-state index >= 15 is 0 Å². The average Bonchev–Trinajstić information content (AvgIpc) is 3.22. The van der Waals surface area contributed by atoms with Gasteiger partial charge in [0.15, 0.2) is 5.78 Å². The first-order chi connectivity index (χ1) is 17.2. The van der Waals surface area contributed by atoms with Crippen LogP contribution in [0.15, 0.2) is 94.6 Å². The Hall–Kier alpha value is -3.75. The van der Waals surface area contributed by atoms with E-state index in [1.807, 2.05) is 45.0 Å². The Labute approximate surface area is 211 Å². The van der Waals surface area contributed by atoms with Crippen LogP contribution in [-0.2, 0) is 10.0 Å². The van der Waals surface area contributed by atoms with Gasteiger partial charge in [-0.15, -0.1) is 0 Å². The summed E-state index contributed by atoms with van der Waals surface area (Å²) in [6.07, 6.45) is 0. The molecule has 4 rings (SSSR count). The number of aromatic amines is 1. The summed E-state index contributed by atoms with van der Waals surface area (Å²) >= 11 is 0. The maximum Gasteiger partial charge on any atom is 0.282 e. The van der Waals surface area contributed by atoms with Gasteiger partial charge in [-0.05, 0) is 37.1 Å². The fourth-order valence-electron chi connectivity index (χ4n) is 4.02. The minimum absolute atomic E-state index is 0.0289. The molecule has 0 amide bonds. The minimum Gasteiger partial charge on any atom is -0.292 e. The van der Waals surface area contributed by atoms with Crippen LogP contribution in [0.3, 0.4) is 0 Å². The monoisotopic (exact) mass is 503 g/mol. The Morgan fingerprint density at radius 2 is 1.50 bits per heavy atom. The fraction of sp³-hybridized carbons (Fsp3) is 0.214. The molecule has 0 spiro atoms. The smallest absolute Gasteiger partial charge is 0.282 e. The van der Waals surface area contributed by atoms with Gasteiger partial charge in [-0.2, -0.15) is 4.31 Å². The molecule has 0 aliphatic rings. The van der Waals surface area contributed by atoms with E-state index in [2.05, 4.69) is 5.10 Å². The summed E-state index contributed by atoms with van der Waals surface area (Å²) in [6.45, 7) is 5.34. The molecule has 0 fully saturated rings. The molecule has 0 atom stereocenters. The summed E-state index contributed by atoms with van der Waals surface area (Å²) in [5.74, 6) is -0.597. The van der Waals surface area contributed by atoms with E-state index < -0.39 is 27.9 Å². The van der Waals surface area contributed by atoms with Crippen LogP contribution in [0.5, 0.6) is 0 Å². The van der Waals surface area contributed by atoms with Crippen molar-refractivity contribution < 1.29 is 13.2 Å². The molecule has 0 aliphatic heterocycles. The molecular weight excluding hydrogens is 474 g/mol. The molecule has 36 heavy (non-hydrogen) atoms. The number of carbonyl (C=O) groups excluding carboxylic acids is 1. The molecule has 8 heteroatoms. The van der Waals surface area contributed by atoms with Crippen molar-refractivity contribution in [2.24, 2.45) is 5.92 Å². The van der Waals surface area contributed by atoms with Gasteiger partial charge in [0.1, 0.15) is 5.56 Å². The Morgan fingerprint density at radius 1 is 0.917 bits per heavy atom. The number of rotatable bonds is 9. The molecule has 0 bridgehead atoms. The quantitative estimate of drug-likeness (QED) is 0.336. The Kier molecular flexibility index (Phi) is 7.37. The fourth-order valence-corrected chi connectivity index (χ4v) is 5.58. The second kappa shape index (κ2) is 10.5. The first kappa shape index (κ1) is 25.3. The summed E-state index contributed by atoms with van der Waals surface area (Å²) < 4.78 is 29.5. The van der Waals surface area contributed by atoms with Crippen molar-refractivity contribution in [3.05, 3.63) is 106 Å². The molecule has 0 radical (unpaired) electrons. The van der Waals surface area contributed by atoms with Crippen molar-refractivity contribution in [1.82, 2.24) is 14.1 Å². The number of carbonyl (C=O) groups is 1. The molecule has 1 heterocycles. The summed E-state index contributed by atoms with van der Waals surface area (Å²) in [4.78, 5) is 27.3. The number of ketones is 1. The van der Waals surface area contributed by atoms with E-state index in [9.17, 15) is 18.0 Å². The number of sulfonamides is 1. The van der Waals surface area contributed by atoms with Crippen molar-refractivity contribution in [3.63, 3.8) is 0 Å². The van der Waals surface area contributed by atoms with Gasteiger partial charge in [0.05, 0.1) is 22.8 Å². The van der Waals surface area contributed by atoms with Gasteiger partial charge in [0, 0.05) is 12.1 Å². The lowest BCUT2D eigenvalue weighted by Crippen LogP contribution is -2.39. The lowest BCUT2D eigenvalue weighted by molar-refractivity contribution is 0.0963. The van der Waals surface area contributed by atoms with Crippen LogP contribution in [0.4, 0.5) is 0 Å². The third kappa shape index (κ3) is 5.24. The van der Waals surface area contributed by atoms with Gasteiger partial charge in [0.25, 0.3) is 5.56 Å². The molecule has 0 aliphatic carbocycles. The largest absolute Gasteiger partial charge is 0.292 e. The van der Waals surface area contributed by atoms with Crippen molar-refractivity contribution in [3.8, 4) is 16.9 Å². The second-order valence-corrected chi connectivity index (χ2v) is 11.1. The molecule has 3 aromatic carbocycles. The molecule has 0 saturated heterocycles. The summed E-state index contributed by atoms with van der Waals surface area (Å²) in [5, 5.41) is 3.07. The van der Waals surface area contributed by atoms with Crippen molar-refractivity contribution in [1.29, 1.82) is 0 Å². The Bertz CT molecular complexity index is 1500. The van der Waals surface area contributed by atoms with Gasteiger partial charge < -0.3 is 0 Å². The average molecular weight is 504 g/mol. The summed E-state index contributed by atoms with van der Waals surface area (Å²) in [6, 6.07) is 24.5. The van der Waals surface area contributed by atoms with E-state index in [0.717, 1.165) is 5.56 Å². The third-order valence-electron chi connectivity index (χ3n) is 5.79. The van der Waals surface area contributed by atoms with Gasteiger partial charge in [-0.1, -0.05) is 80.1 Å². The molecule has 1 N–H and O–H groups in total. The van der Waals surface area contributed by atoms with Crippen LogP contribution in [-0.4, -0.2) is 41.4 Å². The van der Waals surface area contributed by atoms with E-state index in [1.165, 1.54) is 21.1 Å². The van der Waals surface area contributed by atoms with Gasteiger partial charge in [-0.3, -0.25) is 14.7 Å². The van der Waals surface area contributed by atoms with Crippen molar-refractivity contribution >= 4 is 15.8 Å². The highest BCUT2D eigenvalue weighted by Crippen LogP contribution is 2.23. The highest BCUT2D eigenvalue weighted by atomic mass is 32.2. The highest BCUT2D eigenvalue weighted by Gasteiger charge is 2.31. The van der Waals surface area contributed by atoms with E-state index in [1.54, 1.807) is 48.5 Å². The zero-order chi connectivity index (χ0) is 25.9. The summed E-state index contributed by atoms with van der Waals surface area (Å²) in [7, 11) is -3.96. The van der Waals surface area contributed by atoms with E-state index in [-0.39, 0.29) is 22.9 Å². The first-order valence-electron chi connectivity index (χ1n) is 11.7. The van der Waals surface area contributed by atoms with Gasteiger partial charge in [0.2, 0.25) is 10.0 Å². The predicted octanol–water partition coefficient (Wildman–Crippen LogP) is 4.67. The zero-order valence-corrected chi connectivity index (χ0v) is 21.3. The van der Waals surface area contributed by atoms with Crippen molar-refractivity contribution in [2.75, 3.05) is 13.1 Å². The predicted molar refractivity (Wildman–Crippen MR) is 141 cm³/mol. The van der Waals surface area contributed by atoms with E-state index in [4.69, 9.17) is 0 Å². The number of benzene rings is 3. The first-order valence-corrected chi connectivity index (χ1v) is 13.2. The van der Waals surface area contributed by atoms with Crippen molar-refractivity contribution in [2.45, 2.75) is 25.7 Å². The zero-order valence-electron chi connectivity index (χ0n) is 20.5. The topological polar surface area (TPSA) is 92.2 Å². The number of aryl methyl sites for hydroxylation is 1. The number of Topliss-reactive ketones (excluding diaryl/α,β-unsaturated/α-hetero) is 1. The molecule has 0 unspecified atom stereocenters. The lowest BCUT2D eigenvalue weighted by atomic mass is 10.0. The van der Waals surface area contributed by atoms with Gasteiger partial charge >= 0.3 is 0 Å². The highest BCUT2D eigenvalue weighted by molar-refractivity contribution is 7.89. The minimum atomic E-state index is -3.96.